The van der Waals surface area contributed by atoms with Crippen LogP contribution in [0.3, 0.4) is 0 Å². The minimum absolute atomic E-state index is 0.00125. The summed E-state index contributed by atoms with van der Waals surface area (Å²) in [5.41, 5.74) is 1.57. The van der Waals surface area contributed by atoms with Gasteiger partial charge in [0.1, 0.15) is 0 Å². The van der Waals surface area contributed by atoms with Gasteiger partial charge >= 0.3 is 0 Å². The van der Waals surface area contributed by atoms with Crippen LogP contribution in [0.1, 0.15) is 29.4 Å². The highest BCUT2D eigenvalue weighted by Gasteiger charge is 2.20. The molecule has 1 aromatic heterocycles. The van der Waals surface area contributed by atoms with Gasteiger partial charge in [-0.25, -0.2) is 0 Å². The fourth-order valence-electron chi connectivity index (χ4n) is 2.03. The third-order valence-corrected chi connectivity index (χ3v) is 2.88. The normalized spacial score (nSPS) is 20.0. The van der Waals surface area contributed by atoms with Crippen LogP contribution in [0.15, 0.2) is 6.20 Å². The lowest BCUT2D eigenvalue weighted by atomic mass is 10.2. The second-order valence-corrected chi connectivity index (χ2v) is 4.18. The number of amides is 1. The first-order chi connectivity index (χ1) is 7.70. The molecule has 5 heteroatoms. The third-order valence-electron chi connectivity index (χ3n) is 2.88. The standard InChI is InChI=1S/C11H18N4O/c1-3-10-9(7-15(2)14-10)11(16)13-8-4-5-12-6-8/h7-8,12H,3-6H2,1-2H3,(H,13,16)/t8-/m0/s1. The van der Waals surface area contributed by atoms with Crippen LogP contribution in [0.4, 0.5) is 0 Å². The minimum atomic E-state index is -0.00125. The first kappa shape index (κ1) is 11.1. The van der Waals surface area contributed by atoms with Crippen LogP contribution < -0.4 is 10.6 Å². The molecule has 1 amide bonds. The fraction of sp³-hybridized carbons (Fsp3) is 0.636. The summed E-state index contributed by atoms with van der Waals surface area (Å²) in [4.78, 5) is 12.0. The molecule has 1 aromatic rings. The highest BCUT2D eigenvalue weighted by molar-refractivity contribution is 5.95. The van der Waals surface area contributed by atoms with Crippen molar-refractivity contribution >= 4 is 5.91 Å². The Hall–Kier alpha value is -1.36. The van der Waals surface area contributed by atoms with Crippen molar-refractivity contribution in [2.75, 3.05) is 13.1 Å². The number of aromatic nitrogens is 2. The molecule has 0 aliphatic carbocycles. The van der Waals surface area contributed by atoms with E-state index in [1.54, 1.807) is 10.9 Å². The van der Waals surface area contributed by atoms with Gasteiger partial charge in [0.2, 0.25) is 0 Å². The molecular weight excluding hydrogens is 204 g/mol. The Morgan fingerprint density at radius 3 is 3.19 bits per heavy atom. The molecule has 1 saturated heterocycles. The topological polar surface area (TPSA) is 59.0 Å². The van der Waals surface area contributed by atoms with Gasteiger partial charge in [-0.15, -0.1) is 0 Å². The third kappa shape index (κ3) is 2.24. The van der Waals surface area contributed by atoms with E-state index in [9.17, 15) is 4.79 Å². The summed E-state index contributed by atoms with van der Waals surface area (Å²) in [6.07, 6.45) is 3.58. The van der Waals surface area contributed by atoms with E-state index < -0.39 is 0 Å². The molecule has 1 aliphatic heterocycles. The van der Waals surface area contributed by atoms with Crippen LogP contribution in [0.25, 0.3) is 0 Å². The van der Waals surface area contributed by atoms with Crippen LogP contribution in [0.5, 0.6) is 0 Å². The van der Waals surface area contributed by atoms with Crippen molar-refractivity contribution in [2.24, 2.45) is 7.05 Å². The molecule has 2 rings (SSSR count). The molecule has 0 bridgehead atoms. The molecule has 1 atom stereocenters. The fourth-order valence-corrected chi connectivity index (χ4v) is 2.03. The van der Waals surface area contributed by atoms with Crippen molar-refractivity contribution in [3.05, 3.63) is 17.5 Å². The number of rotatable bonds is 3. The maximum absolute atomic E-state index is 12.0. The maximum Gasteiger partial charge on any atom is 0.255 e. The van der Waals surface area contributed by atoms with Crippen LogP contribution in [0, 0.1) is 0 Å². The lowest BCUT2D eigenvalue weighted by Crippen LogP contribution is -2.36. The highest BCUT2D eigenvalue weighted by atomic mass is 16.1. The van der Waals surface area contributed by atoms with Gasteiger partial charge in [-0.3, -0.25) is 9.48 Å². The second kappa shape index (κ2) is 4.65. The zero-order chi connectivity index (χ0) is 11.5. The Morgan fingerprint density at radius 2 is 2.56 bits per heavy atom. The summed E-state index contributed by atoms with van der Waals surface area (Å²) in [5, 5.41) is 10.5. The number of nitrogens with one attached hydrogen (secondary N) is 2. The first-order valence-corrected chi connectivity index (χ1v) is 5.74. The highest BCUT2D eigenvalue weighted by Crippen LogP contribution is 2.08. The summed E-state index contributed by atoms with van der Waals surface area (Å²) < 4.78 is 1.70. The van der Waals surface area contributed by atoms with Crippen molar-refractivity contribution in [2.45, 2.75) is 25.8 Å². The van der Waals surface area contributed by atoms with E-state index in [4.69, 9.17) is 0 Å². The van der Waals surface area contributed by atoms with Crippen LogP contribution in [0.2, 0.25) is 0 Å². The molecule has 16 heavy (non-hydrogen) atoms. The van der Waals surface area contributed by atoms with E-state index in [1.165, 1.54) is 0 Å². The van der Waals surface area contributed by atoms with E-state index in [0.717, 1.165) is 31.6 Å². The van der Waals surface area contributed by atoms with E-state index >= 15 is 0 Å². The summed E-state index contributed by atoms with van der Waals surface area (Å²) in [6, 6.07) is 0.261. The maximum atomic E-state index is 12.0. The number of carbonyl (C=O) groups excluding carboxylic acids is 1. The molecule has 0 unspecified atom stereocenters. The van der Waals surface area contributed by atoms with Gasteiger partial charge in [-0.2, -0.15) is 5.10 Å². The molecule has 2 N–H and O–H groups in total. The van der Waals surface area contributed by atoms with Crippen molar-refractivity contribution < 1.29 is 4.79 Å². The lowest BCUT2D eigenvalue weighted by molar-refractivity contribution is 0.0939. The SMILES string of the molecule is CCc1nn(C)cc1C(=O)N[C@H]1CCNC1. The Bertz CT molecular complexity index is 379. The van der Waals surface area contributed by atoms with Gasteiger partial charge in [0.25, 0.3) is 5.91 Å². The van der Waals surface area contributed by atoms with E-state index in [2.05, 4.69) is 15.7 Å². The summed E-state index contributed by atoms with van der Waals surface area (Å²) in [6.45, 7) is 3.86. The predicted molar refractivity (Wildman–Crippen MR) is 61.3 cm³/mol. The van der Waals surface area contributed by atoms with Crippen molar-refractivity contribution in [3.63, 3.8) is 0 Å². The van der Waals surface area contributed by atoms with Crippen molar-refractivity contribution in [1.29, 1.82) is 0 Å². The molecule has 0 spiro atoms. The largest absolute Gasteiger partial charge is 0.348 e. The lowest BCUT2D eigenvalue weighted by Gasteiger charge is -2.10. The monoisotopic (exact) mass is 222 g/mol. The van der Waals surface area contributed by atoms with Crippen LogP contribution >= 0.6 is 0 Å². The Labute approximate surface area is 95.2 Å². The summed E-state index contributed by atoms with van der Waals surface area (Å²) in [7, 11) is 1.84. The zero-order valence-electron chi connectivity index (χ0n) is 9.79. The zero-order valence-corrected chi connectivity index (χ0v) is 9.79. The average Bonchev–Trinajstić information content (AvgIpc) is 2.86. The Balaban J connectivity index is 2.07. The summed E-state index contributed by atoms with van der Waals surface area (Å²) in [5.74, 6) is -0.00125. The van der Waals surface area contributed by atoms with E-state index in [1.807, 2.05) is 14.0 Å². The van der Waals surface area contributed by atoms with Gasteiger partial charge in [0.05, 0.1) is 11.3 Å². The molecule has 2 heterocycles. The molecule has 1 fully saturated rings. The number of carbonyl (C=O) groups is 1. The van der Waals surface area contributed by atoms with E-state index in [-0.39, 0.29) is 11.9 Å². The molecule has 0 radical (unpaired) electrons. The Morgan fingerprint density at radius 1 is 1.75 bits per heavy atom. The molecule has 0 saturated carbocycles. The van der Waals surface area contributed by atoms with Crippen LogP contribution in [-0.2, 0) is 13.5 Å². The van der Waals surface area contributed by atoms with Gasteiger partial charge in [0, 0.05) is 25.8 Å². The van der Waals surface area contributed by atoms with Gasteiger partial charge in [-0.1, -0.05) is 6.92 Å². The van der Waals surface area contributed by atoms with Crippen molar-refractivity contribution in [1.82, 2.24) is 20.4 Å². The van der Waals surface area contributed by atoms with Crippen molar-refractivity contribution in [3.8, 4) is 0 Å². The van der Waals surface area contributed by atoms with Gasteiger partial charge in [-0.05, 0) is 19.4 Å². The smallest absolute Gasteiger partial charge is 0.255 e. The van der Waals surface area contributed by atoms with E-state index in [0.29, 0.717) is 5.56 Å². The molecule has 5 nitrogen and oxygen atoms in total. The van der Waals surface area contributed by atoms with Gasteiger partial charge < -0.3 is 10.6 Å². The number of aryl methyl sites for hydroxylation is 2. The van der Waals surface area contributed by atoms with Crippen LogP contribution in [-0.4, -0.2) is 34.8 Å². The minimum Gasteiger partial charge on any atom is -0.348 e. The first-order valence-electron chi connectivity index (χ1n) is 5.74. The Kier molecular flexibility index (Phi) is 3.24. The molecule has 88 valence electrons. The predicted octanol–water partition coefficient (Wildman–Crippen LogP) is 0.0742. The quantitative estimate of drug-likeness (QED) is 0.761. The van der Waals surface area contributed by atoms with Gasteiger partial charge in [0.15, 0.2) is 0 Å². The second-order valence-electron chi connectivity index (χ2n) is 4.18. The number of nitrogens with zero attached hydrogens (tertiary/aromatic N) is 2. The number of hydrogen-bond acceptors (Lipinski definition) is 3. The molecular formula is C11H18N4O. The molecule has 1 aliphatic rings. The average molecular weight is 222 g/mol. The molecule has 0 aromatic carbocycles. The summed E-state index contributed by atoms with van der Waals surface area (Å²) >= 11 is 0. The number of hydrogen-bond donors (Lipinski definition) is 2.